The van der Waals surface area contributed by atoms with Gasteiger partial charge >= 0.3 is 0 Å². The van der Waals surface area contributed by atoms with Crippen molar-refractivity contribution >= 4 is 33.5 Å². The lowest BCUT2D eigenvalue weighted by Gasteiger charge is -2.08. The Bertz CT molecular complexity index is 355. The van der Waals surface area contributed by atoms with Gasteiger partial charge in [-0.05, 0) is 33.8 Å². The molecule has 0 fully saturated rings. The number of oxime groups is 1. The van der Waals surface area contributed by atoms with Crippen LogP contribution in [0.3, 0.4) is 0 Å². The second-order valence-corrected chi connectivity index (χ2v) is 4.69. The molecule has 0 bridgehead atoms. The summed E-state index contributed by atoms with van der Waals surface area (Å²) in [7, 11) is 0. The minimum Gasteiger partial charge on any atom is -0.409 e. The summed E-state index contributed by atoms with van der Waals surface area (Å²) >= 11 is 5.03. The minimum absolute atomic E-state index is 0.133. The van der Waals surface area contributed by atoms with Crippen molar-refractivity contribution < 1.29 is 5.21 Å². The van der Waals surface area contributed by atoms with Gasteiger partial charge in [-0.1, -0.05) is 18.1 Å². The Labute approximate surface area is 95.5 Å². The van der Waals surface area contributed by atoms with Gasteiger partial charge in [0, 0.05) is 14.9 Å². The lowest BCUT2D eigenvalue weighted by molar-refractivity contribution is 0.318. The lowest BCUT2D eigenvalue weighted by Crippen LogP contribution is -2.15. The van der Waals surface area contributed by atoms with Crippen molar-refractivity contribution in [1.82, 2.24) is 0 Å². The van der Waals surface area contributed by atoms with Crippen molar-refractivity contribution in [1.29, 1.82) is 0 Å². The number of halogens is 1. The third-order valence-electron chi connectivity index (χ3n) is 1.64. The van der Waals surface area contributed by atoms with Crippen molar-refractivity contribution in [2.45, 2.75) is 11.8 Å². The summed E-state index contributed by atoms with van der Waals surface area (Å²) in [6, 6.07) is 5.75. The Balaban J connectivity index is 3.22. The highest BCUT2D eigenvalue weighted by Gasteiger charge is 2.10. The van der Waals surface area contributed by atoms with Crippen LogP contribution in [0.1, 0.15) is 12.5 Å². The van der Waals surface area contributed by atoms with Crippen LogP contribution >= 0.6 is 27.7 Å². The SMILES string of the molecule is CCSc1cccc(Br)c1/C(N)=N/O. The summed E-state index contributed by atoms with van der Waals surface area (Å²) in [5.74, 6) is 1.08. The Hall–Kier alpha value is -0.680. The summed E-state index contributed by atoms with van der Waals surface area (Å²) in [5, 5.41) is 11.7. The van der Waals surface area contributed by atoms with Crippen LogP contribution in [0.25, 0.3) is 0 Å². The summed E-state index contributed by atoms with van der Waals surface area (Å²) in [6.45, 7) is 2.06. The standard InChI is InChI=1S/C9H11BrN2OS/c1-2-14-7-5-3-4-6(10)8(7)9(11)12-13/h3-5,13H,2H2,1H3,(H2,11,12). The number of hydrogen-bond acceptors (Lipinski definition) is 3. The predicted molar refractivity (Wildman–Crippen MR) is 63.1 cm³/mol. The van der Waals surface area contributed by atoms with Crippen LogP contribution in [-0.2, 0) is 0 Å². The van der Waals surface area contributed by atoms with E-state index in [0.717, 1.165) is 20.7 Å². The zero-order valence-electron chi connectivity index (χ0n) is 7.70. The van der Waals surface area contributed by atoms with Crippen molar-refractivity contribution in [3.8, 4) is 0 Å². The molecule has 0 aliphatic carbocycles. The van der Waals surface area contributed by atoms with E-state index in [1.165, 1.54) is 0 Å². The predicted octanol–water partition coefficient (Wildman–Crippen LogP) is 2.66. The molecule has 0 saturated heterocycles. The highest BCUT2D eigenvalue weighted by molar-refractivity contribution is 9.10. The third kappa shape index (κ3) is 2.42. The van der Waals surface area contributed by atoms with E-state index >= 15 is 0 Å². The van der Waals surface area contributed by atoms with Crippen LogP contribution in [0.15, 0.2) is 32.7 Å². The van der Waals surface area contributed by atoms with E-state index < -0.39 is 0 Å². The van der Waals surface area contributed by atoms with E-state index in [1.54, 1.807) is 11.8 Å². The Morgan fingerprint density at radius 2 is 2.36 bits per heavy atom. The van der Waals surface area contributed by atoms with Gasteiger partial charge < -0.3 is 10.9 Å². The largest absolute Gasteiger partial charge is 0.409 e. The van der Waals surface area contributed by atoms with Gasteiger partial charge in [-0.15, -0.1) is 11.8 Å². The van der Waals surface area contributed by atoms with Crippen LogP contribution < -0.4 is 5.73 Å². The molecule has 0 amide bonds. The summed E-state index contributed by atoms with van der Waals surface area (Å²) in [5.41, 5.74) is 6.33. The van der Waals surface area contributed by atoms with Crippen molar-refractivity contribution in [2.75, 3.05) is 5.75 Å². The van der Waals surface area contributed by atoms with E-state index in [0.29, 0.717) is 0 Å². The fourth-order valence-corrected chi connectivity index (χ4v) is 2.62. The molecule has 3 nitrogen and oxygen atoms in total. The molecular formula is C9H11BrN2OS. The van der Waals surface area contributed by atoms with E-state index in [2.05, 4.69) is 28.0 Å². The highest BCUT2D eigenvalue weighted by atomic mass is 79.9. The van der Waals surface area contributed by atoms with Crippen molar-refractivity contribution in [2.24, 2.45) is 10.9 Å². The van der Waals surface area contributed by atoms with Crippen LogP contribution in [0, 0.1) is 0 Å². The van der Waals surface area contributed by atoms with E-state index in [1.807, 2.05) is 18.2 Å². The van der Waals surface area contributed by atoms with E-state index in [-0.39, 0.29) is 5.84 Å². The fraction of sp³-hybridized carbons (Fsp3) is 0.222. The molecule has 1 aromatic carbocycles. The molecule has 76 valence electrons. The van der Waals surface area contributed by atoms with E-state index in [9.17, 15) is 0 Å². The van der Waals surface area contributed by atoms with Crippen molar-refractivity contribution in [3.63, 3.8) is 0 Å². The average Bonchev–Trinajstić information content (AvgIpc) is 2.18. The molecular weight excluding hydrogens is 264 g/mol. The van der Waals surface area contributed by atoms with Gasteiger partial charge in [-0.25, -0.2) is 0 Å². The normalized spacial score (nSPS) is 11.7. The first-order chi connectivity index (χ1) is 6.70. The minimum atomic E-state index is 0.133. The monoisotopic (exact) mass is 274 g/mol. The molecule has 14 heavy (non-hydrogen) atoms. The average molecular weight is 275 g/mol. The van der Waals surface area contributed by atoms with Gasteiger partial charge in [0.1, 0.15) is 0 Å². The molecule has 0 saturated carbocycles. The molecule has 0 radical (unpaired) electrons. The first kappa shape index (κ1) is 11.4. The van der Waals surface area contributed by atoms with Gasteiger partial charge in [0.15, 0.2) is 5.84 Å². The molecule has 0 atom stereocenters. The summed E-state index contributed by atoms with van der Waals surface area (Å²) in [6.07, 6.45) is 0. The van der Waals surface area contributed by atoms with Crippen LogP contribution in [-0.4, -0.2) is 16.8 Å². The quantitative estimate of drug-likeness (QED) is 0.293. The second kappa shape index (κ2) is 5.26. The van der Waals surface area contributed by atoms with Crippen LogP contribution in [0.4, 0.5) is 0 Å². The molecule has 0 heterocycles. The summed E-state index contributed by atoms with van der Waals surface area (Å²) in [4.78, 5) is 1.01. The number of nitrogens with zero attached hydrogens (tertiary/aromatic N) is 1. The zero-order chi connectivity index (χ0) is 10.6. The van der Waals surface area contributed by atoms with Gasteiger partial charge in [-0.2, -0.15) is 0 Å². The summed E-state index contributed by atoms with van der Waals surface area (Å²) < 4.78 is 0.839. The maximum absolute atomic E-state index is 8.64. The molecule has 0 aromatic heterocycles. The number of thioether (sulfide) groups is 1. The molecule has 0 unspecified atom stereocenters. The van der Waals surface area contributed by atoms with Crippen LogP contribution in [0.2, 0.25) is 0 Å². The Morgan fingerprint density at radius 1 is 1.64 bits per heavy atom. The first-order valence-electron chi connectivity index (χ1n) is 4.10. The molecule has 3 N–H and O–H groups in total. The van der Waals surface area contributed by atoms with Gasteiger partial charge in [-0.3, -0.25) is 0 Å². The molecule has 0 spiro atoms. The Morgan fingerprint density at radius 3 is 2.93 bits per heavy atom. The second-order valence-electron chi connectivity index (χ2n) is 2.53. The van der Waals surface area contributed by atoms with E-state index in [4.69, 9.17) is 10.9 Å². The highest BCUT2D eigenvalue weighted by Crippen LogP contribution is 2.28. The number of amidine groups is 1. The topological polar surface area (TPSA) is 58.6 Å². The zero-order valence-corrected chi connectivity index (χ0v) is 10.1. The molecule has 0 aliphatic rings. The fourth-order valence-electron chi connectivity index (χ4n) is 1.08. The van der Waals surface area contributed by atoms with Crippen molar-refractivity contribution in [3.05, 3.63) is 28.2 Å². The lowest BCUT2D eigenvalue weighted by atomic mass is 10.2. The maximum atomic E-state index is 8.64. The third-order valence-corrected chi connectivity index (χ3v) is 3.24. The molecule has 5 heteroatoms. The first-order valence-corrected chi connectivity index (χ1v) is 5.87. The number of rotatable bonds is 3. The number of nitrogens with two attached hydrogens (primary N) is 1. The van der Waals surface area contributed by atoms with Gasteiger partial charge in [0.05, 0.1) is 0 Å². The molecule has 1 rings (SSSR count). The Kier molecular flexibility index (Phi) is 4.28. The van der Waals surface area contributed by atoms with Gasteiger partial charge in [0.2, 0.25) is 0 Å². The molecule has 0 aliphatic heterocycles. The number of hydrogen-bond donors (Lipinski definition) is 2. The number of benzene rings is 1. The smallest absolute Gasteiger partial charge is 0.172 e. The van der Waals surface area contributed by atoms with Gasteiger partial charge in [0.25, 0.3) is 0 Å². The maximum Gasteiger partial charge on any atom is 0.172 e. The molecule has 1 aromatic rings. The van der Waals surface area contributed by atoms with Crippen LogP contribution in [0.5, 0.6) is 0 Å².